The average molecular weight is 438 g/mol. The number of carbonyl (C=O) groups excluding carboxylic acids is 3. The minimum atomic E-state index is -0.369. The molecule has 8 nitrogen and oxygen atoms in total. The van der Waals surface area contributed by atoms with E-state index in [1.54, 1.807) is 17.2 Å². The Morgan fingerprint density at radius 3 is 2.75 bits per heavy atom. The standard InChI is InChI=1S/C24H31N5O3/c1-4-16-6-5-7-18(10-16)19-12-20(23(27-14-19)24(32)25-2)28-21(30)15-26-13-17-8-9-29(3)22(31)11-17/h5-7,10,12,14,17,26H,4,8-9,11,13,15H2,1-3H3,(H,25,32)(H,28,30)/t17-/m0/s1. The highest BCUT2D eigenvalue weighted by atomic mass is 16.2. The number of hydrogen-bond acceptors (Lipinski definition) is 5. The van der Waals surface area contributed by atoms with E-state index in [1.807, 2.05) is 19.2 Å². The van der Waals surface area contributed by atoms with Crippen LogP contribution in [-0.2, 0) is 16.0 Å². The molecular weight excluding hydrogens is 406 g/mol. The molecule has 3 rings (SSSR count). The van der Waals surface area contributed by atoms with Crippen LogP contribution in [0.4, 0.5) is 5.69 Å². The zero-order valence-corrected chi connectivity index (χ0v) is 18.9. The van der Waals surface area contributed by atoms with E-state index in [4.69, 9.17) is 0 Å². The van der Waals surface area contributed by atoms with Crippen molar-refractivity contribution in [3.63, 3.8) is 0 Å². The summed E-state index contributed by atoms with van der Waals surface area (Å²) < 4.78 is 0. The minimum Gasteiger partial charge on any atom is -0.354 e. The smallest absolute Gasteiger partial charge is 0.271 e. The maximum Gasteiger partial charge on any atom is 0.271 e. The van der Waals surface area contributed by atoms with E-state index in [-0.39, 0.29) is 35.9 Å². The molecule has 1 aromatic heterocycles. The fraction of sp³-hybridized carbons (Fsp3) is 0.417. The number of piperidine rings is 1. The fourth-order valence-corrected chi connectivity index (χ4v) is 3.75. The second kappa shape index (κ2) is 10.9. The third-order valence-corrected chi connectivity index (χ3v) is 5.75. The molecule has 1 aliphatic heterocycles. The highest BCUT2D eigenvalue weighted by Crippen LogP contribution is 2.25. The van der Waals surface area contributed by atoms with Crippen molar-refractivity contribution in [1.29, 1.82) is 0 Å². The van der Waals surface area contributed by atoms with Gasteiger partial charge in [0, 0.05) is 38.8 Å². The molecule has 1 atom stereocenters. The van der Waals surface area contributed by atoms with Gasteiger partial charge in [-0.25, -0.2) is 4.98 Å². The lowest BCUT2D eigenvalue weighted by molar-refractivity contribution is -0.133. The lowest BCUT2D eigenvalue weighted by atomic mass is 9.96. The van der Waals surface area contributed by atoms with Gasteiger partial charge in [-0.1, -0.05) is 31.2 Å². The molecule has 1 aliphatic rings. The fourth-order valence-electron chi connectivity index (χ4n) is 3.75. The monoisotopic (exact) mass is 437 g/mol. The van der Waals surface area contributed by atoms with E-state index in [9.17, 15) is 14.4 Å². The molecule has 0 unspecified atom stereocenters. The Morgan fingerprint density at radius 1 is 1.22 bits per heavy atom. The summed E-state index contributed by atoms with van der Waals surface area (Å²) in [5, 5.41) is 8.51. The van der Waals surface area contributed by atoms with Gasteiger partial charge in [-0.15, -0.1) is 0 Å². The summed E-state index contributed by atoms with van der Waals surface area (Å²) >= 11 is 0. The van der Waals surface area contributed by atoms with Gasteiger partial charge in [0.25, 0.3) is 5.91 Å². The summed E-state index contributed by atoms with van der Waals surface area (Å²) in [6.45, 7) is 3.51. The van der Waals surface area contributed by atoms with Gasteiger partial charge in [-0.3, -0.25) is 14.4 Å². The van der Waals surface area contributed by atoms with E-state index < -0.39 is 0 Å². The number of aromatic nitrogens is 1. The van der Waals surface area contributed by atoms with Crippen LogP contribution in [0.3, 0.4) is 0 Å². The Kier molecular flexibility index (Phi) is 7.94. The molecule has 1 aromatic carbocycles. The number of amides is 3. The van der Waals surface area contributed by atoms with Crippen LogP contribution in [0.25, 0.3) is 11.1 Å². The lowest BCUT2D eigenvalue weighted by Gasteiger charge is -2.28. The molecule has 0 saturated carbocycles. The number of rotatable bonds is 8. The maximum atomic E-state index is 12.6. The minimum absolute atomic E-state index is 0.0866. The van der Waals surface area contributed by atoms with Crippen LogP contribution in [0.2, 0.25) is 0 Å². The molecule has 8 heteroatoms. The first-order chi connectivity index (χ1) is 15.4. The molecule has 3 N–H and O–H groups in total. The van der Waals surface area contributed by atoms with E-state index in [2.05, 4.69) is 40.0 Å². The van der Waals surface area contributed by atoms with Gasteiger partial charge in [0.05, 0.1) is 12.2 Å². The van der Waals surface area contributed by atoms with Gasteiger partial charge in [0.15, 0.2) is 5.69 Å². The van der Waals surface area contributed by atoms with Gasteiger partial charge < -0.3 is 20.9 Å². The number of nitrogens with one attached hydrogen (secondary N) is 3. The Bertz CT molecular complexity index is 991. The van der Waals surface area contributed by atoms with Gasteiger partial charge >= 0.3 is 0 Å². The number of benzene rings is 1. The Hall–Kier alpha value is -3.26. The number of pyridine rings is 1. The van der Waals surface area contributed by atoms with E-state index >= 15 is 0 Å². The molecule has 2 aromatic rings. The van der Waals surface area contributed by atoms with Crippen LogP contribution >= 0.6 is 0 Å². The SMILES string of the molecule is CCc1cccc(-c2cnc(C(=O)NC)c(NC(=O)CNC[C@H]3CCN(C)C(=O)C3)c2)c1. The quantitative estimate of drug-likeness (QED) is 0.587. The number of anilines is 1. The Morgan fingerprint density at radius 2 is 2.03 bits per heavy atom. The summed E-state index contributed by atoms with van der Waals surface area (Å²) in [7, 11) is 3.34. The predicted molar refractivity (Wildman–Crippen MR) is 124 cm³/mol. The lowest BCUT2D eigenvalue weighted by Crippen LogP contribution is -2.40. The predicted octanol–water partition coefficient (Wildman–Crippen LogP) is 2.07. The highest BCUT2D eigenvalue weighted by molar-refractivity contribution is 6.03. The molecule has 2 heterocycles. The molecule has 32 heavy (non-hydrogen) atoms. The largest absolute Gasteiger partial charge is 0.354 e. The van der Waals surface area contributed by atoms with E-state index in [0.717, 1.165) is 30.5 Å². The van der Waals surface area contributed by atoms with Gasteiger partial charge in [-0.2, -0.15) is 0 Å². The molecule has 170 valence electrons. The second-order valence-corrected chi connectivity index (χ2v) is 8.11. The summed E-state index contributed by atoms with van der Waals surface area (Å²) in [5.41, 5.74) is 3.52. The van der Waals surface area contributed by atoms with Crippen molar-refractivity contribution in [3.8, 4) is 11.1 Å². The van der Waals surface area contributed by atoms with E-state index in [0.29, 0.717) is 18.7 Å². The first-order valence-electron chi connectivity index (χ1n) is 11.0. The van der Waals surface area contributed by atoms with Gasteiger partial charge in [0.1, 0.15) is 0 Å². The van der Waals surface area contributed by atoms with Crippen molar-refractivity contribution >= 4 is 23.4 Å². The third kappa shape index (κ3) is 5.91. The van der Waals surface area contributed by atoms with Crippen LogP contribution in [-0.4, -0.2) is 61.3 Å². The van der Waals surface area contributed by atoms with Crippen molar-refractivity contribution in [2.45, 2.75) is 26.2 Å². The van der Waals surface area contributed by atoms with Gasteiger partial charge in [0.2, 0.25) is 11.8 Å². The number of aryl methyl sites for hydroxylation is 1. The Balaban J connectivity index is 1.68. The number of nitrogens with zero attached hydrogens (tertiary/aromatic N) is 2. The molecule has 3 amide bonds. The summed E-state index contributed by atoms with van der Waals surface area (Å²) in [4.78, 5) is 42.7. The summed E-state index contributed by atoms with van der Waals surface area (Å²) in [6.07, 6.45) is 3.97. The molecule has 0 spiro atoms. The zero-order chi connectivity index (χ0) is 23.1. The van der Waals surface area contributed by atoms with Gasteiger partial charge in [-0.05, 0) is 42.5 Å². The number of likely N-dealkylation sites (tertiary alicyclic amines) is 1. The molecule has 1 saturated heterocycles. The Labute approximate surface area is 188 Å². The van der Waals surface area contributed by atoms with Crippen molar-refractivity contribution in [3.05, 3.63) is 47.8 Å². The second-order valence-electron chi connectivity index (χ2n) is 8.11. The zero-order valence-electron chi connectivity index (χ0n) is 18.9. The molecule has 1 fully saturated rings. The number of hydrogen-bond donors (Lipinski definition) is 3. The highest BCUT2D eigenvalue weighted by Gasteiger charge is 2.23. The molecule has 0 bridgehead atoms. The molecular formula is C24H31N5O3. The normalized spacial score (nSPS) is 16.0. The average Bonchev–Trinajstić information content (AvgIpc) is 2.81. The van der Waals surface area contributed by atoms with Crippen LogP contribution in [0.5, 0.6) is 0 Å². The van der Waals surface area contributed by atoms with Crippen molar-refractivity contribution < 1.29 is 14.4 Å². The van der Waals surface area contributed by atoms with Crippen molar-refractivity contribution in [2.75, 3.05) is 39.0 Å². The summed E-state index contributed by atoms with van der Waals surface area (Å²) in [5.74, 6) is -0.274. The maximum absolute atomic E-state index is 12.6. The van der Waals surface area contributed by atoms with Crippen LogP contribution in [0.15, 0.2) is 36.5 Å². The van der Waals surface area contributed by atoms with Crippen LogP contribution < -0.4 is 16.0 Å². The first-order valence-corrected chi connectivity index (χ1v) is 11.0. The first kappa shape index (κ1) is 23.4. The molecule has 0 radical (unpaired) electrons. The third-order valence-electron chi connectivity index (χ3n) is 5.75. The van der Waals surface area contributed by atoms with E-state index in [1.165, 1.54) is 12.6 Å². The van der Waals surface area contributed by atoms with Crippen molar-refractivity contribution in [1.82, 2.24) is 20.5 Å². The topological polar surface area (TPSA) is 103 Å². The van der Waals surface area contributed by atoms with Crippen LogP contribution in [0, 0.1) is 5.92 Å². The van der Waals surface area contributed by atoms with Crippen molar-refractivity contribution in [2.24, 2.45) is 5.92 Å². The number of carbonyl (C=O) groups is 3. The molecule has 0 aliphatic carbocycles. The summed E-state index contributed by atoms with van der Waals surface area (Å²) in [6, 6.07) is 9.87. The van der Waals surface area contributed by atoms with Crippen LogP contribution in [0.1, 0.15) is 35.8 Å².